The van der Waals surface area contributed by atoms with Crippen LogP contribution in [0.25, 0.3) is 25.8 Å². The van der Waals surface area contributed by atoms with Gasteiger partial charge in [-0.25, -0.2) is 4.58 Å². The van der Waals surface area contributed by atoms with E-state index in [1.165, 1.54) is 143 Å². The Balaban J connectivity index is 1.46. The zero-order valence-electron chi connectivity index (χ0n) is 41.7. The third kappa shape index (κ3) is 13.4. The Bertz CT molecular complexity index is 2130. The molecule has 0 aromatic carbocycles. The van der Waals surface area contributed by atoms with E-state index in [-0.39, 0.29) is 11.5 Å². The number of unbranched alkanes of at least 4 members (excludes halogenated alkanes) is 4. The van der Waals surface area contributed by atoms with Gasteiger partial charge in [0.1, 0.15) is 13.1 Å². The topological polar surface area (TPSA) is 46.4 Å². The van der Waals surface area contributed by atoms with Crippen LogP contribution in [0.15, 0.2) is 42.2 Å². The zero-order valence-corrected chi connectivity index (χ0v) is 44.9. The SMILES string of the molecule is CCCCC(CC)CN(CC(CC)CCCC)c1ccc(-c2sc(C3=C([O-])/C(=c4\cc(CC)/c(=C5/C=CC(=[N+](CC(CC)CCCC)CC(CC)CCCC)S5)s4)C3=O)cc2CC)s1. The molecule has 0 N–H and O–H groups in total. The minimum absolute atomic E-state index is 0.0854. The third-order valence-corrected chi connectivity index (χ3v) is 19.2. The number of carbonyl (C=O) groups is 1. The lowest BCUT2D eigenvalue weighted by Gasteiger charge is -2.31. The van der Waals surface area contributed by atoms with E-state index in [0.29, 0.717) is 34.8 Å². The van der Waals surface area contributed by atoms with Gasteiger partial charge in [0.25, 0.3) is 0 Å². The van der Waals surface area contributed by atoms with Crippen LogP contribution in [0.2, 0.25) is 0 Å². The van der Waals surface area contributed by atoms with Crippen molar-refractivity contribution < 1.29 is 14.5 Å². The van der Waals surface area contributed by atoms with E-state index in [4.69, 9.17) is 0 Å². The lowest BCUT2D eigenvalue weighted by Crippen LogP contribution is -2.33. The maximum atomic E-state index is 14.2. The van der Waals surface area contributed by atoms with Crippen molar-refractivity contribution in [1.82, 2.24) is 0 Å². The quantitative estimate of drug-likeness (QED) is 0.0651. The predicted octanol–water partition coefficient (Wildman–Crippen LogP) is 14.7. The Morgan fingerprint density at radius 1 is 0.609 bits per heavy atom. The molecule has 0 saturated heterocycles. The van der Waals surface area contributed by atoms with Gasteiger partial charge in [0.2, 0.25) is 5.04 Å². The molecule has 4 nitrogen and oxygen atoms in total. The van der Waals surface area contributed by atoms with E-state index in [1.54, 1.807) is 22.7 Å². The Morgan fingerprint density at radius 3 is 1.66 bits per heavy atom. The summed E-state index contributed by atoms with van der Waals surface area (Å²) in [5.41, 5.74) is 3.22. The highest BCUT2D eigenvalue weighted by Crippen LogP contribution is 2.46. The molecule has 64 heavy (non-hydrogen) atoms. The fourth-order valence-electron chi connectivity index (χ4n) is 9.55. The Morgan fingerprint density at radius 2 is 1.16 bits per heavy atom. The summed E-state index contributed by atoms with van der Waals surface area (Å²) < 4.78 is 4.75. The molecule has 0 bridgehead atoms. The molecule has 4 heterocycles. The van der Waals surface area contributed by atoms with Crippen LogP contribution in [0, 0.1) is 23.7 Å². The number of rotatable bonds is 29. The molecule has 3 aromatic rings. The molecule has 354 valence electrons. The fourth-order valence-corrected chi connectivity index (χ4v) is 14.5. The van der Waals surface area contributed by atoms with Gasteiger partial charge in [0.15, 0.2) is 5.78 Å². The van der Waals surface area contributed by atoms with Crippen LogP contribution in [0.4, 0.5) is 5.00 Å². The highest BCUT2D eigenvalue weighted by molar-refractivity contribution is 8.22. The highest BCUT2D eigenvalue weighted by atomic mass is 32.2. The van der Waals surface area contributed by atoms with Gasteiger partial charge in [-0.05, 0) is 116 Å². The molecule has 4 atom stereocenters. The summed E-state index contributed by atoms with van der Waals surface area (Å²) in [7, 11) is 0. The number of ketones is 1. The minimum atomic E-state index is -0.0854. The molecule has 0 saturated carbocycles. The number of thiophene rings is 3. The second-order valence-electron chi connectivity index (χ2n) is 18.8. The van der Waals surface area contributed by atoms with Crippen LogP contribution in [0.5, 0.6) is 0 Å². The van der Waals surface area contributed by atoms with E-state index in [9.17, 15) is 9.90 Å². The normalized spacial score (nSPS) is 17.7. The van der Waals surface area contributed by atoms with E-state index >= 15 is 0 Å². The smallest absolute Gasteiger partial charge is 0.239 e. The minimum Gasteiger partial charge on any atom is -0.871 e. The Kier molecular flexibility index (Phi) is 22.0. The molecule has 0 spiro atoms. The van der Waals surface area contributed by atoms with Gasteiger partial charge in [0.05, 0.1) is 5.00 Å². The summed E-state index contributed by atoms with van der Waals surface area (Å²) in [6, 6.07) is 8.92. The predicted molar refractivity (Wildman–Crippen MR) is 286 cm³/mol. The summed E-state index contributed by atoms with van der Waals surface area (Å²) in [4.78, 5) is 21.4. The molecule has 1 aliphatic heterocycles. The standard InChI is InChI=1S/C56H84N2O2S4/c1-11-21-25-39(15-5)35-57(36-40(16-6)26-22-12-2)49-31-29-45(61-49)55-43(19-9)33-47(63-55)51-53(59)52(54(51)60)48-34-44(20-10)56(64-48)46-30-32-50(62-46)58(37-41(17-7)27-23-13-3)38-42(18-8)28-24-14-4/h29-34,39-42H,11-28,35-38H2,1-10H3. The Hall–Kier alpha value is -2.39. The molecule has 1 aliphatic carbocycles. The largest absolute Gasteiger partial charge is 0.871 e. The molecule has 5 rings (SSSR count). The molecule has 2 aliphatic rings. The first-order chi connectivity index (χ1) is 31.1. The van der Waals surface area contributed by atoms with Crippen molar-refractivity contribution in [2.24, 2.45) is 23.7 Å². The molecule has 8 heteroatoms. The monoisotopic (exact) mass is 945 g/mol. The number of aryl methyl sites for hydroxylation is 2. The van der Waals surface area contributed by atoms with E-state index in [0.717, 1.165) is 48.4 Å². The van der Waals surface area contributed by atoms with Crippen molar-refractivity contribution in [2.75, 3.05) is 31.1 Å². The number of allylic oxidation sites excluding steroid dienone is 2. The molecule has 3 aromatic heterocycles. The summed E-state index contributed by atoms with van der Waals surface area (Å²) in [6.07, 6.45) is 26.6. The van der Waals surface area contributed by atoms with Crippen molar-refractivity contribution in [3.05, 3.63) is 67.2 Å². The maximum absolute atomic E-state index is 14.2. The van der Waals surface area contributed by atoms with Crippen molar-refractivity contribution in [3.63, 3.8) is 0 Å². The van der Waals surface area contributed by atoms with Crippen LogP contribution >= 0.6 is 45.8 Å². The molecule has 0 radical (unpaired) electrons. The lowest BCUT2D eigenvalue weighted by atomic mass is 9.87. The summed E-state index contributed by atoms with van der Waals surface area (Å²) in [6.45, 7) is 27.5. The van der Waals surface area contributed by atoms with Crippen molar-refractivity contribution in [1.29, 1.82) is 0 Å². The van der Waals surface area contributed by atoms with Gasteiger partial charge in [-0.2, -0.15) is 0 Å². The zero-order chi connectivity index (χ0) is 46.2. The maximum Gasteiger partial charge on any atom is 0.239 e. The van der Waals surface area contributed by atoms with Gasteiger partial charge in [0, 0.05) is 70.7 Å². The first-order valence-electron chi connectivity index (χ1n) is 25.9. The summed E-state index contributed by atoms with van der Waals surface area (Å²) in [5, 5.41) is 16.9. The van der Waals surface area contributed by atoms with Crippen LogP contribution in [-0.4, -0.2) is 41.6 Å². The third-order valence-electron chi connectivity index (χ3n) is 14.1. The fraction of sp³-hybridized carbons (Fsp3) is 0.643. The van der Waals surface area contributed by atoms with Gasteiger partial charge < -0.3 is 10.0 Å². The molecule has 0 fully saturated rings. The van der Waals surface area contributed by atoms with Crippen LogP contribution in [0.1, 0.15) is 188 Å². The highest BCUT2D eigenvalue weighted by Gasteiger charge is 2.32. The molecular weight excluding hydrogens is 861 g/mol. The average Bonchev–Trinajstić information content (AvgIpc) is 4.15. The number of Topliss-reactive ketones (excluding diaryl/α,β-unsaturated/α-hetero) is 1. The lowest BCUT2D eigenvalue weighted by molar-refractivity contribution is -0.539. The molecule has 4 unspecified atom stereocenters. The van der Waals surface area contributed by atoms with E-state index in [1.807, 2.05) is 23.1 Å². The number of nitrogens with zero attached hydrogens (tertiary/aromatic N) is 2. The van der Waals surface area contributed by atoms with Crippen LogP contribution in [0.3, 0.4) is 0 Å². The summed E-state index contributed by atoms with van der Waals surface area (Å²) in [5.74, 6) is 2.62. The number of hydrogen-bond donors (Lipinski definition) is 0. The van der Waals surface area contributed by atoms with Gasteiger partial charge in [-0.1, -0.05) is 139 Å². The Labute approximate surface area is 406 Å². The average molecular weight is 946 g/mol. The van der Waals surface area contributed by atoms with Gasteiger partial charge in [-0.15, -0.1) is 34.0 Å². The van der Waals surface area contributed by atoms with Crippen LogP contribution < -0.4 is 19.1 Å². The van der Waals surface area contributed by atoms with Gasteiger partial charge >= 0.3 is 0 Å². The summed E-state index contributed by atoms with van der Waals surface area (Å²) >= 11 is 7.09. The number of carbonyl (C=O) groups excluding carboxylic acids is 1. The number of anilines is 1. The van der Waals surface area contributed by atoms with Crippen molar-refractivity contribution >= 4 is 77.7 Å². The van der Waals surface area contributed by atoms with Crippen LogP contribution in [-0.2, 0) is 17.6 Å². The van der Waals surface area contributed by atoms with Crippen molar-refractivity contribution in [3.8, 4) is 9.75 Å². The number of hydrogen-bond acceptors (Lipinski definition) is 7. The van der Waals surface area contributed by atoms with Gasteiger partial charge in [-0.3, -0.25) is 4.79 Å². The molecule has 0 amide bonds. The van der Waals surface area contributed by atoms with E-state index < -0.39 is 0 Å². The second kappa shape index (κ2) is 26.8. The molecular formula is C56H84N2O2S4. The first kappa shape index (κ1) is 52.6. The van der Waals surface area contributed by atoms with E-state index in [2.05, 4.69) is 115 Å². The first-order valence-corrected chi connectivity index (χ1v) is 29.2. The van der Waals surface area contributed by atoms with Crippen molar-refractivity contribution in [2.45, 2.75) is 185 Å². The number of thioether (sulfide) groups is 1. The second-order valence-corrected chi connectivity index (χ2v) is 23.0.